The molecule has 0 aliphatic carbocycles. The van der Waals surface area contributed by atoms with Crippen LogP contribution in [0.2, 0.25) is 5.02 Å². The number of alkyl halides is 3. The van der Waals surface area contributed by atoms with E-state index in [0.717, 1.165) is 23.1 Å². The van der Waals surface area contributed by atoms with Gasteiger partial charge in [-0.1, -0.05) is 23.8 Å². The first-order valence-electron chi connectivity index (χ1n) is 6.87. The number of benzene rings is 1. The Balaban J connectivity index is 1.78. The molecule has 23 heavy (non-hydrogen) atoms. The summed E-state index contributed by atoms with van der Waals surface area (Å²) in [4.78, 5) is 25.9. The largest absolute Gasteiger partial charge is 0.416 e. The van der Waals surface area contributed by atoms with Gasteiger partial charge in [-0.05, 0) is 18.2 Å². The lowest BCUT2D eigenvalue weighted by Gasteiger charge is -2.20. The number of ether oxygens (including phenoxy) is 1. The van der Waals surface area contributed by atoms with Crippen molar-refractivity contribution in [2.75, 3.05) is 4.90 Å². The standard InChI is InChI=1S/C15H9ClF3NO3/c16-7-2-1-6(15(17,18)19)5-8(7)20-13(21)11-9-3-4-10(23-9)12(11)14(20)22/h1-5,9-12H/t9-,10+,11-,12-/m0/s1. The summed E-state index contributed by atoms with van der Waals surface area (Å²) in [5.74, 6) is -2.53. The minimum atomic E-state index is -4.59. The van der Waals surface area contributed by atoms with Gasteiger partial charge in [0.25, 0.3) is 0 Å². The van der Waals surface area contributed by atoms with Gasteiger partial charge in [0.2, 0.25) is 11.8 Å². The Bertz CT molecular complexity index is 731. The van der Waals surface area contributed by atoms with Crippen molar-refractivity contribution in [1.82, 2.24) is 0 Å². The summed E-state index contributed by atoms with van der Waals surface area (Å²) >= 11 is 5.94. The Labute approximate surface area is 133 Å². The summed E-state index contributed by atoms with van der Waals surface area (Å²) in [5, 5.41) is -0.0825. The highest BCUT2D eigenvalue weighted by molar-refractivity contribution is 6.36. The summed E-state index contributed by atoms with van der Waals surface area (Å²) in [6.45, 7) is 0. The number of carbonyl (C=O) groups is 2. The fourth-order valence-corrected chi connectivity index (χ4v) is 3.60. The normalized spacial score (nSPS) is 32.1. The minimum Gasteiger partial charge on any atom is -0.365 e. The Morgan fingerprint density at radius 3 is 2.13 bits per heavy atom. The number of hydrogen-bond acceptors (Lipinski definition) is 3. The van der Waals surface area contributed by atoms with Crippen LogP contribution in [0, 0.1) is 11.8 Å². The molecule has 2 bridgehead atoms. The van der Waals surface area contributed by atoms with Crippen LogP contribution in [0.5, 0.6) is 0 Å². The van der Waals surface area contributed by atoms with Gasteiger partial charge < -0.3 is 4.74 Å². The lowest BCUT2D eigenvalue weighted by molar-refractivity contribution is -0.137. The molecule has 0 saturated carbocycles. The van der Waals surface area contributed by atoms with Gasteiger partial charge in [0.05, 0.1) is 40.3 Å². The van der Waals surface area contributed by atoms with E-state index in [2.05, 4.69) is 0 Å². The van der Waals surface area contributed by atoms with Gasteiger partial charge in [0.1, 0.15) is 0 Å². The van der Waals surface area contributed by atoms with Crippen molar-refractivity contribution in [2.45, 2.75) is 18.4 Å². The van der Waals surface area contributed by atoms with E-state index in [1.807, 2.05) is 0 Å². The number of imide groups is 1. The van der Waals surface area contributed by atoms with Gasteiger partial charge >= 0.3 is 6.18 Å². The summed E-state index contributed by atoms with van der Waals surface area (Å²) in [6, 6.07) is 2.58. The molecular formula is C15H9ClF3NO3. The van der Waals surface area contributed by atoms with E-state index in [1.54, 1.807) is 12.2 Å². The van der Waals surface area contributed by atoms with Crippen molar-refractivity contribution in [3.05, 3.63) is 40.9 Å². The molecule has 2 saturated heterocycles. The molecule has 3 aliphatic rings. The molecule has 1 aromatic carbocycles. The van der Waals surface area contributed by atoms with Crippen molar-refractivity contribution in [2.24, 2.45) is 11.8 Å². The summed E-state index contributed by atoms with van der Waals surface area (Å²) < 4.78 is 44.1. The quantitative estimate of drug-likeness (QED) is 0.582. The van der Waals surface area contributed by atoms with Crippen LogP contribution in [-0.4, -0.2) is 24.0 Å². The first-order chi connectivity index (χ1) is 10.8. The fourth-order valence-electron chi connectivity index (χ4n) is 3.40. The molecule has 0 unspecified atom stereocenters. The third kappa shape index (κ3) is 1.96. The Morgan fingerprint density at radius 2 is 1.61 bits per heavy atom. The highest BCUT2D eigenvalue weighted by Gasteiger charge is 2.61. The zero-order chi connectivity index (χ0) is 16.5. The molecule has 4 nitrogen and oxygen atoms in total. The van der Waals surface area contributed by atoms with E-state index in [4.69, 9.17) is 16.3 Å². The van der Waals surface area contributed by atoms with E-state index in [0.29, 0.717) is 0 Å². The van der Waals surface area contributed by atoms with Gasteiger partial charge in [-0.3, -0.25) is 9.59 Å². The molecule has 0 radical (unpaired) electrons. The van der Waals surface area contributed by atoms with Crippen LogP contribution in [-0.2, 0) is 20.5 Å². The van der Waals surface area contributed by atoms with Gasteiger partial charge in [0, 0.05) is 0 Å². The van der Waals surface area contributed by atoms with Gasteiger partial charge in [-0.25, -0.2) is 4.90 Å². The lowest BCUT2D eigenvalue weighted by Crippen LogP contribution is -2.34. The van der Waals surface area contributed by atoms with Crippen LogP contribution in [0.4, 0.5) is 18.9 Å². The number of halogens is 4. The maximum atomic E-state index is 12.9. The fraction of sp³-hybridized carbons (Fsp3) is 0.333. The summed E-state index contributed by atoms with van der Waals surface area (Å²) in [6.07, 6.45) is -2.19. The van der Waals surface area contributed by atoms with Crippen LogP contribution in [0.25, 0.3) is 0 Å². The average molecular weight is 344 g/mol. The number of carbonyl (C=O) groups excluding carboxylic acids is 2. The lowest BCUT2D eigenvalue weighted by atomic mass is 9.85. The van der Waals surface area contributed by atoms with Crippen LogP contribution in [0.15, 0.2) is 30.4 Å². The zero-order valence-corrected chi connectivity index (χ0v) is 12.1. The predicted octanol–water partition coefficient (Wildman–Crippen LogP) is 2.80. The molecule has 120 valence electrons. The van der Waals surface area contributed by atoms with Gasteiger partial charge in [-0.15, -0.1) is 0 Å². The van der Waals surface area contributed by atoms with Crippen molar-refractivity contribution in [3.8, 4) is 0 Å². The molecule has 8 heteroatoms. The van der Waals surface area contributed by atoms with Gasteiger partial charge in [-0.2, -0.15) is 13.2 Å². The highest BCUT2D eigenvalue weighted by Crippen LogP contribution is 2.47. The molecule has 0 N–H and O–H groups in total. The summed E-state index contributed by atoms with van der Waals surface area (Å²) in [7, 11) is 0. The number of nitrogens with zero attached hydrogens (tertiary/aromatic N) is 1. The number of fused-ring (bicyclic) bond motifs is 5. The highest BCUT2D eigenvalue weighted by atomic mass is 35.5. The van der Waals surface area contributed by atoms with Crippen LogP contribution >= 0.6 is 11.6 Å². The predicted molar refractivity (Wildman–Crippen MR) is 73.7 cm³/mol. The number of anilines is 1. The summed E-state index contributed by atoms with van der Waals surface area (Å²) in [5.41, 5.74) is -1.20. The van der Waals surface area contributed by atoms with E-state index >= 15 is 0 Å². The number of hydrogen-bond donors (Lipinski definition) is 0. The van der Waals surface area contributed by atoms with Crippen molar-refractivity contribution in [1.29, 1.82) is 0 Å². The van der Waals surface area contributed by atoms with Crippen molar-refractivity contribution >= 4 is 29.1 Å². The van der Waals surface area contributed by atoms with E-state index in [-0.39, 0.29) is 10.7 Å². The third-order valence-corrected chi connectivity index (χ3v) is 4.74. The SMILES string of the molecule is O=C1[C@@H]2[C@@H](C(=O)N1c1cc(C(F)(F)F)ccc1Cl)[C@H]1C=C[C@@H]2O1. The molecule has 2 fully saturated rings. The zero-order valence-electron chi connectivity index (χ0n) is 11.4. The first-order valence-corrected chi connectivity index (χ1v) is 7.25. The maximum Gasteiger partial charge on any atom is 0.416 e. The van der Waals surface area contributed by atoms with E-state index < -0.39 is 47.6 Å². The number of rotatable bonds is 1. The second kappa shape index (κ2) is 4.58. The number of amides is 2. The molecular weight excluding hydrogens is 335 g/mol. The third-order valence-electron chi connectivity index (χ3n) is 4.42. The van der Waals surface area contributed by atoms with Gasteiger partial charge in [0.15, 0.2) is 0 Å². The van der Waals surface area contributed by atoms with Crippen molar-refractivity contribution < 1.29 is 27.5 Å². The Kier molecular flexibility index (Phi) is 2.93. The average Bonchev–Trinajstić information content (AvgIpc) is 3.13. The molecule has 2 amide bonds. The smallest absolute Gasteiger partial charge is 0.365 e. The molecule has 4 rings (SSSR count). The van der Waals surface area contributed by atoms with E-state index in [9.17, 15) is 22.8 Å². The molecule has 3 aliphatic heterocycles. The second-order valence-electron chi connectivity index (χ2n) is 5.68. The van der Waals surface area contributed by atoms with E-state index in [1.165, 1.54) is 0 Å². The maximum absolute atomic E-state index is 12.9. The monoisotopic (exact) mass is 343 g/mol. The molecule has 1 aromatic rings. The van der Waals surface area contributed by atoms with Crippen LogP contribution < -0.4 is 4.90 Å². The molecule has 0 aromatic heterocycles. The molecule has 4 atom stereocenters. The topological polar surface area (TPSA) is 46.6 Å². The second-order valence-corrected chi connectivity index (χ2v) is 6.08. The van der Waals surface area contributed by atoms with Crippen LogP contribution in [0.3, 0.4) is 0 Å². The first kappa shape index (κ1) is 14.7. The Hall–Kier alpha value is -1.86. The van der Waals surface area contributed by atoms with Crippen molar-refractivity contribution in [3.63, 3.8) is 0 Å². The minimum absolute atomic E-state index is 0.0825. The Morgan fingerprint density at radius 1 is 1.04 bits per heavy atom. The van der Waals surface area contributed by atoms with Crippen LogP contribution in [0.1, 0.15) is 5.56 Å². The molecule has 0 spiro atoms. The molecule has 3 heterocycles.